The van der Waals surface area contributed by atoms with Crippen molar-refractivity contribution in [3.8, 4) is 0 Å². The van der Waals surface area contributed by atoms with Gasteiger partial charge in [0.15, 0.2) is 0 Å². The average Bonchev–Trinajstić information content (AvgIpc) is 3.35. The lowest BCUT2D eigenvalue weighted by molar-refractivity contribution is -0.143. The molecule has 0 heterocycles. The highest BCUT2D eigenvalue weighted by Gasteiger charge is 2.20. The second kappa shape index (κ2) is 58.9. The van der Waals surface area contributed by atoms with E-state index < -0.39 is 12.1 Å². The van der Waals surface area contributed by atoms with E-state index in [1.165, 1.54) is 250 Å². The van der Waals surface area contributed by atoms with Gasteiger partial charge in [0.05, 0.1) is 25.4 Å². The van der Waals surface area contributed by atoms with Gasteiger partial charge in [-0.25, -0.2) is 0 Å². The third-order valence-electron chi connectivity index (χ3n) is 14.5. The van der Waals surface area contributed by atoms with E-state index in [2.05, 4.69) is 43.5 Å². The van der Waals surface area contributed by atoms with Crippen LogP contribution in [0.2, 0.25) is 0 Å². The van der Waals surface area contributed by atoms with Crippen molar-refractivity contribution in [2.75, 3.05) is 13.2 Å². The van der Waals surface area contributed by atoms with Crippen molar-refractivity contribution in [3.63, 3.8) is 0 Å². The molecule has 0 spiro atoms. The van der Waals surface area contributed by atoms with Crippen LogP contribution < -0.4 is 5.32 Å². The van der Waals surface area contributed by atoms with Crippen molar-refractivity contribution < 1.29 is 24.5 Å². The fraction of sp³-hybridized carbons (Fsp3) is 0.905. The monoisotopic (exact) mass is 972 g/mol. The number of hydrogen-bond donors (Lipinski definition) is 3. The number of ether oxygens (including phenoxy) is 1. The van der Waals surface area contributed by atoms with Gasteiger partial charge in [-0.15, -0.1) is 0 Å². The molecule has 69 heavy (non-hydrogen) atoms. The van der Waals surface area contributed by atoms with E-state index in [4.69, 9.17) is 4.74 Å². The number of amides is 1. The quantitative estimate of drug-likeness (QED) is 0.0321. The zero-order chi connectivity index (χ0) is 50.0. The number of nitrogens with one attached hydrogen (secondary N) is 1. The SMILES string of the molecule is CCCCCCCC/C=C\CCCCCCCC(=O)OCCCCCCCC/C=C\CCCCCCCCCC(=O)NC(CO)C(O)CCCCCCCCCCCCCCCCCCCCCC. The first-order chi connectivity index (χ1) is 34.0. The highest BCUT2D eigenvalue weighted by atomic mass is 16.5. The van der Waals surface area contributed by atoms with Crippen LogP contribution in [0.4, 0.5) is 0 Å². The first-order valence-corrected chi connectivity index (χ1v) is 31.1. The van der Waals surface area contributed by atoms with Gasteiger partial charge >= 0.3 is 5.97 Å². The average molecular weight is 973 g/mol. The number of aliphatic hydroxyl groups excluding tert-OH is 2. The maximum atomic E-state index is 12.5. The number of esters is 1. The van der Waals surface area contributed by atoms with Gasteiger partial charge in [0, 0.05) is 12.8 Å². The van der Waals surface area contributed by atoms with Crippen LogP contribution >= 0.6 is 0 Å². The minimum absolute atomic E-state index is 0.00907. The predicted molar refractivity (Wildman–Crippen MR) is 301 cm³/mol. The Hall–Kier alpha value is -1.66. The maximum absolute atomic E-state index is 12.5. The van der Waals surface area contributed by atoms with Gasteiger partial charge in [-0.1, -0.05) is 276 Å². The number of carbonyl (C=O) groups is 2. The molecule has 0 saturated carbocycles. The van der Waals surface area contributed by atoms with Crippen LogP contribution in [0.3, 0.4) is 0 Å². The molecule has 2 unspecified atom stereocenters. The van der Waals surface area contributed by atoms with Gasteiger partial charge in [0.25, 0.3) is 0 Å². The second-order valence-electron chi connectivity index (χ2n) is 21.4. The summed E-state index contributed by atoms with van der Waals surface area (Å²) >= 11 is 0. The highest BCUT2D eigenvalue weighted by molar-refractivity contribution is 5.76. The van der Waals surface area contributed by atoms with E-state index in [1.54, 1.807) is 0 Å². The van der Waals surface area contributed by atoms with Gasteiger partial charge < -0.3 is 20.3 Å². The van der Waals surface area contributed by atoms with E-state index in [0.29, 0.717) is 25.9 Å². The second-order valence-corrected chi connectivity index (χ2v) is 21.4. The molecule has 408 valence electrons. The molecule has 0 aromatic carbocycles. The minimum atomic E-state index is -0.673. The molecule has 0 aromatic heterocycles. The Morgan fingerprint density at radius 2 is 0.681 bits per heavy atom. The first kappa shape index (κ1) is 67.3. The lowest BCUT2D eigenvalue weighted by atomic mass is 10.0. The number of allylic oxidation sites excluding steroid dienone is 4. The molecule has 0 saturated heterocycles. The zero-order valence-corrected chi connectivity index (χ0v) is 46.6. The van der Waals surface area contributed by atoms with E-state index in [-0.39, 0.29) is 18.5 Å². The molecular formula is C63H121NO5. The van der Waals surface area contributed by atoms with E-state index >= 15 is 0 Å². The molecule has 0 aliphatic rings. The van der Waals surface area contributed by atoms with Crippen molar-refractivity contribution in [2.45, 2.75) is 353 Å². The van der Waals surface area contributed by atoms with Crippen LogP contribution in [-0.4, -0.2) is 47.4 Å². The molecular weight excluding hydrogens is 851 g/mol. The topological polar surface area (TPSA) is 95.9 Å². The summed E-state index contributed by atoms with van der Waals surface area (Å²) in [5, 5.41) is 23.4. The summed E-state index contributed by atoms with van der Waals surface area (Å²) in [6.07, 6.45) is 71.8. The van der Waals surface area contributed by atoms with E-state index in [1.807, 2.05) is 0 Å². The van der Waals surface area contributed by atoms with Crippen LogP contribution in [0, 0.1) is 0 Å². The van der Waals surface area contributed by atoms with Gasteiger partial charge in [-0.3, -0.25) is 9.59 Å². The summed E-state index contributed by atoms with van der Waals surface area (Å²) in [5.74, 6) is -0.0533. The smallest absolute Gasteiger partial charge is 0.305 e. The lowest BCUT2D eigenvalue weighted by Gasteiger charge is -2.22. The Morgan fingerprint density at radius 1 is 0.391 bits per heavy atom. The highest BCUT2D eigenvalue weighted by Crippen LogP contribution is 2.17. The molecule has 0 bridgehead atoms. The Labute approximate surface area is 431 Å². The molecule has 0 radical (unpaired) electrons. The Morgan fingerprint density at radius 3 is 1.03 bits per heavy atom. The molecule has 0 rings (SSSR count). The Kier molecular flexibility index (Phi) is 57.5. The Bertz CT molecular complexity index is 1080. The predicted octanol–water partition coefficient (Wildman–Crippen LogP) is 19.4. The minimum Gasteiger partial charge on any atom is -0.466 e. The molecule has 6 nitrogen and oxygen atoms in total. The molecule has 0 fully saturated rings. The van der Waals surface area contributed by atoms with Crippen molar-refractivity contribution in [1.29, 1.82) is 0 Å². The first-order valence-electron chi connectivity index (χ1n) is 31.1. The fourth-order valence-corrected chi connectivity index (χ4v) is 9.69. The third kappa shape index (κ3) is 55.5. The molecule has 6 heteroatoms. The van der Waals surface area contributed by atoms with Crippen LogP contribution in [-0.2, 0) is 14.3 Å². The maximum Gasteiger partial charge on any atom is 0.305 e. The van der Waals surface area contributed by atoms with Gasteiger partial charge in [-0.05, 0) is 77.0 Å². The van der Waals surface area contributed by atoms with Crippen LogP contribution in [0.5, 0.6) is 0 Å². The summed E-state index contributed by atoms with van der Waals surface area (Å²) in [7, 11) is 0. The van der Waals surface area contributed by atoms with Crippen LogP contribution in [0.25, 0.3) is 0 Å². The standard InChI is InChI=1S/C63H121NO5/c1-3-5-7-9-11-13-15-17-19-20-21-22-24-28-31-35-39-43-47-51-55-61(66)60(59-65)64-62(67)56-52-48-44-40-36-32-29-25-23-26-30-34-38-42-46-50-54-58-69-63(68)57-53-49-45-41-37-33-27-18-16-14-12-10-8-6-4-2/h18,23,26-27,60-61,65-66H,3-17,19-22,24-25,28-59H2,1-2H3,(H,64,67)/b26-23-,27-18-. The number of aliphatic hydroxyl groups is 2. The summed E-state index contributed by atoms with van der Waals surface area (Å²) < 4.78 is 5.47. The van der Waals surface area contributed by atoms with E-state index in [0.717, 1.165) is 57.8 Å². The lowest BCUT2D eigenvalue weighted by Crippen LogP contribution is -2.45. The molecule has 2 atom stereocenters. The number of unbranched alkanes of at least 4 members (excludes halogenated alkanes) is 43. The molecule has 0 aliphatic carbocycles. The molecule has 1 amide bonds. The van der Waals surface area contributed by atoms with Gasteiger partial charge in [-0.2, -0.15) is 0 Å². The van der Waals surface area contributed by atoms with Crippen molar-refractivity contribution in [3.05, 3.63) is 24.3 Å². The summed E-state index contributed by atoms with van der Waals surface area (Å²) in [6, 6.07) is -0.551. The Balaban J connectivity index is 3.45. The number of hydrogen-bond acceptors (Lipinski definition) is 5. The van der Waals surface area contributed by atoms with Crippen molar-refractivity contribution in [2.24, 2.45) is 0 Å². The third-order valence-corrected chi connectivity index (χ3v) is 14.5. The summed E-state index contributed by atoms with van der Waals surface area (Å²) in [6.45, 7) is 4.95. The van der Waals surface area contributed by atoms with E-state index in [9.17, 15) is 19.8 Å². The van der Waals surface area contributed by atoms with Gasteiger partial charge in [0.2, 0.25) is 5.91 Å². The largest absolute Gasteiger partial charge is 0.466 e. The molecule has 0 aromatic rings. The normalized spacial score (nSPS) is 12.7. The van der Waals surface area contributed by atoms with Crippen LogP contribution in [0.1, 0.15) is 341 Å². The zero-order valence-electron chi connectivity index (χ0n) is 46.6. The summed E-state index contributed by atoms with van der Waals surface area (Å²) in [4.78, 5) is 24.6. The number of carbonyl (C=O) groups excluding carboxylic acids is 2. The summed E-state index contributed by atoms with van der Waals surface area (Å²) in [5.41, 5.74) is 0. The van der Waals surface area contributed by atoms with Crippen LogP contribution in [0.15, 0.2) is 24.3 Å². The molecule has 0 aliphatic heterocycles. The fourth-order valence-electron chi connectivity index (χ4n) is 9.69. The van der Waals surface area contributed by atoms with Crippen molar-refractivity contribution >= 4 is 11.9 Å². The van der Waals surface area contributed by atoms with Crippen molar-refractivity contribution in [1.82, 2.24) is 5.32 Å². The number of rotatable bonds is 58. The molecule has 3 N–H and O–H groups in total. The van der Waals surface area contributed by atoms with Gasteiger partial charge in [0.1, 0.15) is 0 Å².